The minimum absolute atomic E-state index is 0.0820. The van der Waals surface area contributed by atoms with Crippen molar-refractivity contribution in [3.63, 3.8) is 0 Å². The third kappa shape index (κ3) is 5.76. The fourth-order valence-electron chi connectivity index (χ4n) is 2.85. The Morgan fingerprint density at radius 3 is 2.60 bits per heavy atom. The van der Waals surface area contributed by atoms with Crippen LogP contribution in [0.1, 0.15) is 11.3 Å². The molecule has 0 aliphatic carbocycles. The Morgan fingerprint density at radius 2 is 1.93 bits per heavy atom. The van der Waals surface area contributed by atoms with Crippen LogP contribution in [0.25, 0.3) is 0 Å². The summed E-state index contributed by atoms with van der Waals surface area (Å²) < 4.78 is 57.2. The number of rotatable bonds is 7. The van der Waals surface area contributed by atoms with Crippen LogP contribution >= 0.6 is 11.3 Å². The first-order chi connectivity index (χ1) is 14.0. The van der Waals surface area contributed by atoms with E-state index >= 15 is 0 Å². The van der Waals surface area contributed by atoms with Crippen molar-refractivity contribution < 1.29 is 26.4 Å². The molecular weight excluding hydrogens is 452 g/mol. The van der Waals surface area contributed by atoms with Crippen molar-refractivity contribution in [3.8, 4) is 0 Å². The number of sulfonamides is 2. The second-order valence-electron chi connectivity index (χ2n) is 6.74. The SMILES string of the molecule is Cc1ccc(NC(=O)Cc2csc(NS(C)(=O)=O)n2)cc1S(=O)(=O)N1CCOCC1. The number of anilines is 2. The number of ether oxygens (including phenoxy) is 1. The molecule has 2 heterocycles. The largest absolute Gasteiger partial charge is 0.379 e. The molecule has 1 amide bonds. The molecule has 0 spiro atoms. The van der Waals surface area contributed by atoms with E-state index in [9.17, 15) is 21.6 Å². The first kappa shape index (κ1) is 22.6. The van der Waals surface area contributed by atoms with Gasteiger partial charge in [0.25, 0.3) is 0 Å². The number of morpholine rings is 1. The second kappa shape index (κ2) is 8.98. The first-order valence-corrected chi connectivity index (χ1v) is 13.2. The molecule has 13 heteroatoms. The van der Waals surface area contributed by atoms with Crippen molar-refractivity contribution in [2.24, 2.45) is 0 Å². The number of hydrogen-bond acceptors (Lipinski definition) is 8. The van der Waals surface area contributed by atoms with Crippen molar-refractivity contribution in [1.29, 1.82) is 0 Å². The molecule has 1 aliphatic heterocycles. The number of amides is 1. The Hall–Kier alpha value is -2.06. The summed E-state index contributed by atoms with van der Waals surface area (Å²) in [6, 6.07) is 4.71. The van der Waals surface area contributed by atoms with Crippen LogP contribution in [0.3, 0.4) is 0 Å². The molecule has 0 saturated carbocycles. The average Bonchev–Trinajstić information content (AvgIpc) is 3.08. The summed E-state index contributed by atoms with van der Waals surface area (Å²) in [4.78, 5) is 16.6. The van der Waals surface area contributed by atoms with Crippen molar-refractivity contribution in [2.45, 2.75) is 18.2 Å². The number of nitrogens with one attached hydrogen (secondary N) is 2. The van der Waals surface area contributed by atoms with Crippen LogP contribution in [0.15, 0.2) is 28.5 Å². The predicted molar refractivity (Wildman–Crippen MR) is 114 cm³/mol. The molecule has 1 fully saturated rings. The fourth-order valence-corrected chi connectivity index (χ4v) is 6.07. The lowest BCUT2D eigenvalue weighted by Crippen LogP contribution is -2.40. The lowest BCUT2D eigenvalue weighted by Gasteiger charge is -2.26. The highest BCUT2D eigenvalue weighted by Crippen LogP contribution is 2.25. The quantitative estimate of drug-likeness (QED) is 0.612. The molecule has 2 aromatic rings. The van der Waals surface area contributed by atoms with Gasteiger partial charge < -0.3 is 10.1 Å². The van der Waals surface area contributed by atoms with Crippen molar-refractivity contribution in [2.75, 3.05) is 42.6 Å². The third-order valence-corrected chi connectivity index (χ3v) is 7.77. The van der Waals surface area contributed by atoms with Gasteiger partial charge in [0.15, 0.2) is 5.13 Å². The maximum absolute atomic E-state index is 12.9. The second-order valence-corrected chi connectivity index (χ2v) is 11.3. The number of hydrogen-bond donors (Lipinski definition) is 2. The zero-order chi connectivity index (χ0) is 21.9. The van der Waals surface area contributed by atoms with Crippen LogP contribution in [0.4, 0.5) is 10.8 Å². The van der Waals surface area contributed by atoms with Gasteiger partial charge in [0.1, 0.15) is 0 Å². The zero-order valence-corrected chi connectivity index (χ0v) is 18.9. The number of thiazole rings is 1. The summed E-state index contributed by atoms with van der Waals surface area (Å²) in [6.45, 7) is 2.96. The number of aryl methyl sites for hydroxylation is 1. The smallest absolute Gasteiger partial charge is 0.243 e. The maximum atomic E-state index is 12.9. The van der Waals surface area contributed by atoms with E-state index in [1.165, 1.54) is 10.4 Å². The summed E-state index contributed by atoms with van der Waals surface area (Å²) in [7, 11) is -7.14. The highest BCUT2D eigenvalue weighted by molar-refractivity contribution is 7.92. The van der Waals surface area contributed by atoms with Gasteiger partial charge in [-0.25, -0.2) is 21.8 Å². The van der Waals surface area contributed by atoms with Gasteiger partial charge in [0.05, 0.1) is 36.5 Å². The molecule has 1 aromatic heterocycles. The van der Waals surface area contributed by atoms with Crippen LogP contribution in [0.5, 0.6) is 0 Å². The molecule has 0 radical (unpaired) electrons. The van der Waals surface area contributed by atoms with Crippen LogP contribution < -0.4 is 10.0 Å². The highest BCUT2D eigenvalue weighted by atomic mass is 32.2. The molecule has 0 bridgehead atoms. The van der Waals surface area contributed by atoms with Crippen molar-refractivity contribution in [1.82, 2.24) is 9.29 Å². The summed E-state index contributed by atoms with van der Waals surface area (Å²) in [5, 5.41) is 4.43. The average molecular weight is 475 g/mol. The molecule has 1 aliphatic rings. The van der Waals surface area contributed by atoms with Crippen molar-refractivity contribution in [3.05, 3.63) is 34.8 Å². The summed E-state index contributed by atoms with van der Waals surface area (Å²) in [5.41, 5.74) is 1.33. The van der Waals surface area contributed by atoms with Gasteiger partial charge in [-0.15, -0.1) is 11.3 Å². The molecule has 0 unspecified atom stereocenters. The van der Waals surface area contributed by atoms with Crippen LogP contribution in [0.2, 0.25) is 0 Å². The summed E-state index contributed by atoms with van der Waals surface area (Å²) in [5.74, 6) is -0.398. The van der Waals surface area contributed by atoms with E-state index < -0.39 is 26.0 Å². The Bertz CT molecular complexity index is 1140. The molecule has 1 aromatic carbocycles. The molecular formula is C17H22N4O6S3. The third-order valence-electron chi connectivity index (χ3n) is 4.23. The van der Waals surface area contributed by atoms with Gasteiger partial charge in [-0.3, -0.25) is 9.52 Å². The molecule has 10 nitrogen and oxygen atoms in total. The van der Waals surface area contributed by atoms with E-state index in [1.54, 1.807) is 24.4 Å². The number of aromatic nitrogens is 1. The number of benzene rings is 1. The molecule has 164 valence electrons. The van der Waals surface area contributed by atoms with Crippen LogP contribution in [-0.2, 0) is 36.0 Å². The van der Waals surface area contributed by atoms with E-state index in [0.29, 0.717) is 30.2 Å². The maximum Gasteiger partial charge on any atom is 0.243 e. The van der Waals surface area contributed by atoms with Gasteiger partial charge in [-0.05, 0) is 24.6 Å². The summed E-state index contributed by atoms with van der Waals surface area (Å²) >= 11 is 1.07. The Morgan fingerprint density at radius 1 is 1.23 bits per heavy atom. The van der Waals surface area contributed by atoms with Gasteiger partial charge in [0.2, 0.25) is 26.0 Å². The van der Waals surface area contributed by atoms with E-state index in [0.717, 1.165) is 17.6 Å². The fraction of sp³-hybridized carbons (Fsp3) is 0.412. The van der Waals surface area contributed by atoms with E-state index in [1.807, 2.05) is 0 Å². The predicted octanol–water partition coefficient (Wildman–Crippen LogP) is 1.03. The molecule has 1 saturated heterocycles. The highest BCUT2D eigenvalue weighted by Gasteiger charge is 2.28. The topological polar surface area (TPSA) is 135 Å². The number of nitrogens with zero attached hydrogens (tertiary/aromatic N) is 2. The Kier molecular flexibility index (Phi) is 6.77. The van der Waals surface area contributed by atoms with Gasteiger partial charge in [-0.2, -0.15) is 4.31 Å². The van der Waals surface area contributed by atoms with Crippen LogP contribution in [0, 0.1) is 6.92 Å². The number of carbonyl (C=O) groups excluding carboxylic acids is 1. The minimum atomic E-state index is -3.70. The number of carbonyl (C=O) groups is 1. The monoisotopic (exact) mass is 474 g/mol. The normalized spacial score (nSPS) is 15.7. The van der Waals surface area contributed by atoms with Crippen LogP contribution in [-0.4, -0.2) is 64.6 Å². The molecule has 2 N–H and O–H groups in total. The molecule has 3 rings (SSSR count). The first-order valence-electron chi connectivity index (χ1n) is 8.95. The van der Waals surface area contributed by atoms with E-state index in [4.69, 9.17) is 4.74 Å². The van der Waals surface area contributed by atoms with Gasteiger partial charge >= 0.3 is 0 Å². The molecule has 30 heavy (non-hydrogen) atoms. The van der Waals surface area contributed by atoms with Gasteiger partial charge in [-0.1, -0.05) is 6.07 Å². The van der Waals surface area contributed by atoms with E-state index in [2.05, 4.69) is 15.0 Å². The summed E-state index contributed by atoms with van der Waals surface area (Å²) in [6.07, 6.45) is 0.933. The van der Waals surface area contributed by atoms with Gasteiger partial charge in [0, 0.05) is 24.2 Å². The standard InChI is InChI=1S/C17H22N4O6S3/c1-12-3-4-13(9-15(12)30(25,26)21-5-7-27-8-6-21)18-16(22)10-14-11-28-17(19-14)20-29(2,23)24/h3-4,9,11H,5-8,10H2,1-2H3,(H,18,22)(H,19,20). The Labute approximate surface area is 179 Å². The Balaban J connectivity index is 1.71. The van der Waals surface area contributed by atoms with Crippen molar-refractivity contribution >= 4 is 48.1 Å². The lowest BCUT2D eigenvalue weighted by atomic mass is 10.2. The zero-order valence-electron chi connectivity index (χ0n) is 16.4. The van der Waals surface area contributed by atoms with E-state index in [-0.39, 0.29) is 29.5 Å². The minimum Gasteiger partial charge on any atom is -0.379 e. The lowest BCUT2D eigenvalue weighted by molar-refractivity contribution is -0.115. The molecule has 0 atom stereocenters.